The predicted octanol–water partition coefficient (Wildman–Crippen LogP) is 2.98. The van der Waals surface area contributed by atoms with Crippen LogP contribution in [0.15, 0.2) is 54.6 Å². The summed E-state index contributed by atoms with van der Waals surface area (Å²) in [4.78, 5) is 11.8. The van der Waals surface area contributed by atoms with E-state index in [1.54, 1.807) is 0 Å². The molecule has 1 fully saturated rings. The highest BCUT2D eigenvalue weighted by Gasteiger charge is 2.34. The van der Waals surface area contributed by atoms with Crippen molar-refractivity contribution in [1.29, 1.82) is 0 Å². The first kappa shape index (κ1) is 17.3. The van der Waals surface area contributed by atoms with Crippen LogP contribution < -0.4 is 15.4 Å². The molecule has 1 aliphatic rings. The summed E-state index contributed by atoms with van der Waals surface area (Å²) in [6.07, 6.45) is 2.54. The van der Waals surface area contributed by atoms with Crippen LogP contribution in [0.2, 0.25) is 0 Å². The third-order valence-electron chi connectivity index (χ3n) is 4.46. The van der Waals surface area contributed by atoms with E-state index in [0.717, 1.165) is 36.1 Å². The summed E-state index contributed by atoms with van der Waals surface area (Å²) in [7, 11) is 0. The molecule has 0 bridgehead atoms. The van der Waals surface area contributed by atoms with Gasteiger partial charge in [0.05, 0.1) is 5.60 Å². The minimum Gasteiger partial charge on any atom is -0.489 e. The number of urea groups is 1. The standard InChI is InChI=1S/C20H24N2O3/c23-19(22-15-20(24)10-5-11-20)21-13-17-8-4-9-18(12-17)25-14-16-6-2-1-3-7-16/h1-4,6-9,12,24H,5,10-11,13-15H2,(H2,21,22,23). The predicted molar refractivity (Wildman–Crippen MR) is 96.3 cm³/mol. The van der Waals surface area contributed by atoms with E-state index in [-0.39, 0.29) is 6.03 Å². The second kappa shape index (κ2) is 8.03. The summed E-state index contributed by atoms with van der Waals surface area (Å²) in [6.45, 7) is 1.22. The highest BCUT2D eigenvalue weighted by Crippen LogP contribution is 2.30. The lowest BCUT2D eigenvalue weighted by Crippen LogP contribution is -2.49. The van der Waals surface area contributed by atoms with Crippen LogP contribution in [0.4, 0.5) is 4.79 Å². The van der Waals surface area contributed by atoms with Gasteiger partial charge in [-0.2, -0.15) is 0 Å². The Morgan fingerprint density at radius 3 is 2.52 bits per heavy atom. The number of carbonyl (C=O) groups excluding carboxylic acids is 1. The summed E-state index contributed by atoms with van der Waals surface area (Å²) >= 11 is 0. The monoisotopic (exact) mass is 340 g/mol. The zero-order valence-electron chi connectivity index (χ0n) is 14.2. The van der Waals surface area contributed by atoms with Crippen molar-refractivity contribution in [3.63, 3.8) is 0 Å². The SMILES string of the molecule is O=C(NCc1cccc(OCc2ccccc2)c1)NCC1(O)CCC1. The zero-order chi connectivity index (χ0) is 17.5. The van der Waals surface area contributed by atoms with Crippen LogP contribution in [0.1, 0.15) is 30.4 Å². The third kappa shape index (κ3) is 5.22. The average Bonchev–Trinajstić information content (AvgIpc) is 2.62. The number of nitrogens with one attached hydrogen (secondary N) is 2. The van der Waals surface area contributed by atoms with Gasteiger partial charge < -0.3 is 20.5 Å². The topological polar surface area (TPSA) is 70.6 Å². The van der Waals surface area contributed by atoms with Gasteiger partial charge >= 0.3 is 6.03 Å². The van der Waals surface area contributed by atoms with E-state index < -0.39 is 5.60 Å². The van der Waals surface area contributed by atoms with Crippen molar-refractivity contribution in [2.75, 3.05) is 6.54 Å². The molecule has 0 spiro atoms. The fourth-order valence-electron chi connectivity index (χ4n) is 2.74. The van der Waals surface area contributed by atoms with Crippen LogP contribution in [0, 0.1) is 0 Å². The van der Waals surface area contributed by atoms with Gasteiger partial charge in [0.2, 0.25) is 0 Å². The van der Waals surface area contributed by atoms with E-state index in [4.69, 9.17) is 4.74 Å². The van der Waals surface area contributed by atoms with Crippen LogP contribution in [0.5, 0.6) is 5.75 Å². The van der Waals surface area contributed by atoms with Crippen LogP contribution in [-0.4, -0.2) is 23.3 Å². The van der Waals surface area contributed by atoms with Gasteiger partial charge in [-0.1, -0.05) is 42.5 Å². The molecule has 3 rings (SSSR count). The molecule has 1 saturated carbocycles. The number of rotatable bonds is 7. The van der Waals surface area contributed by atoms with E-state index >= 15 is 0 Å². The lowest BCUT2D eigenvalue weighted by molar-refractivity contribution is -0.0290. The number of ether oxygens (including phenoxy) is 1. The highest BCUT2D eigenvalue weighted by molar-refractivity contribution is 5.73. The van der Waals surface area contributed by atoms with Crippen molar-refractivity contribution in [2.24, 2.45) is 0 Å². The molecule has 0 aromatic heterocycles. The van der Waals surface area contributed by atoms with E-state index in [0.29, 0.717) is 19.7 Å². The number of hydrogen-bond acceptors (Lipinski definition) is 3. The summed E-state index contributed by atoms with van der Waals surface area (Å²) in [6, 6.07) is 17.4. The van der Waals surface area contributed by atoms with Gasteiger partial charge in [-0.15, -0.1) is 0 Å². The van der Waals surface area contributed by atoms with E-state index in [9.17, 15) is 9.90 Å². The van der Waals surface area contributed by atoms with E-state index in [1.807, 2.05) is 54.6 Å². The molecule has 25 heavy (non-hydrogen) atoms. The Balaban J connectivity index is 1.44. The Morgan fingerprint density at radius 2 is 1.80 bits per heavy atom. The lowest BCUT2D eigenvalue weighted by Gasteiger charge is -2.36. The van der Waals surface area contributed by atoms with Gasteiger partial charge in [-0.05, 0) is 42.5 Å². The molecule has 132 valence electrons. The molecule has 0 radical (unpaired) electrons. The largest absolute Gasteiger partial charge is 0.489 e. The molecule has 0 unspecified atom stereocenters. The molecular formula is C20H24N2O3. The van der Waals surface area contributed by atoms with Crippen LogP contribution >= 0.6 is 0 Å². The maximum atomic E-state index is 11.8. The lowest BCUT2D eigenvalue weighted by atomic mass is 9.80. The minimum absolute atomic E-state index is 0.268. The van der Waals surface area contributed by atoms with Crippen LogP contribution in [-0.2, 0) is 13.2 Å². The first-order valence-electron chi connectivity index (χ1n) is 8.63. The van der Waals surface area contributed by atoms with Crippen molar-refractivity contribution in [3.05, 3.63) is 65.7 Å². The molecule has 0 atom stereocenters. The molecule has 2 aromatic rings. The average molecular weight is 340 g/mol. The maximum Gasteiger partial charge on any atom is 0.315 e. The Labute approximate surface area is 148 Å². The number of hydrogen-bond donors (Lipinski definition) is 3. The molecule has 3 N–H and O–H groups in total. The smallest absolute Gasteiger partial charge is 0.315 e. The number of carbonyl (C=O) groups is 1. The van der Waals surface area contributed by atoms with Gasteiger partial charge in [0.25, 0.3) is 0 Å². The molecule has 0 aliphatic heterocycles. The van der Waals surface area contributed by atoms with E-state index in [1.165, 1.54) is 0 Å². The Kier molecular flexibility index (Phi) is 5.56. The van der Waals surface area contributed by atoms with E-state index in [2.05, 4.69) is 10.6 Å². The Hall–Kier alpha value is -2.53. The van der Waals surface area contributed by atoms with Gasteiger partial charge in [-0.25, -0.2) is 4.79 Å². The van der Waals surface area contributed by atoms with Crippen molar-refractivity contribution in [2.45, 2.75) is 38.0 Å². The normalized spacial score (nSPS) is 15.1. The summed E-state index contributed by atoms with van der Waals surface area (Å²) in [5.74, 6) is 0.771. The Bertz CT molecular complexity index is 699. The molecule has 5 heteroatoms. The van der Waals surface area contributed by atoms with Crippen molar-refractivity contribution < 1.29 is 14.6 Å². The van der Waals surface area contributed by atoms with Gasteiger partial charge in [0.1, 0.15) is 12.4 Å². The summed E-state index contributed by atoms with van der Waals surface area (Å²) in [5.41, 5.74) is 1.37. The van der Waals surface area contributed by atoms with Crippen LogP contribution in [0.25, 0.3) is 0 Å². The minimum atomic E-state index is -0.706. The van der Waals surface area contributed by atoms with Gasteiger partial charge in [-0.3, -0.25) is 0 Å². The summed E-state index contributed by atoms with van der Waals surface area (Å²) < 4.78 is 5.79. The number of benzene rings is 2. The number of aliphatic hydroxyl groups is 1. The molecule has 5 nitrogen and oxygen atoms in total. The Morgan fingerprint density at radius 1 is 1.04 bits per heavy atom. The third-order valence-corrected chi connectivity index (χ3v) is 4.46. The molecular weight excluding hydrogens is 316 g/mol. The summed E-state index contributed by atoms with van der Waals surface area (Å²) in [5, 5.41) is 15.5. The zero-order valence-corrected chi connectivity index (χ0v) is 14.2. The van der Waals surface area contributed by atoms with Gasteiger partial charge in [0.15, 0.2) is 0 Å². The first-order valence-corrected chi connectivity index (χ1v) is 8.63. The van der Waals surface area contributed by atoms with Gasteiger partial charge in [0, 0.05) is 13.1 Å². The maximum absolute atomic E-state index is 11.8. The second-order valence-electron chi connectivity index (χ2n) is 6.54. The second-order valence-corrected chi connectivity index (χ2v) is 6.54. The van der Waals surface area contributed by atoms with Crippen molar-refractivity contribution in [1.82, 2.24) is 10.6 Å². The number of amides is 2. The highest BCUT2D eigenvalue weighted by atomic mass is 16.5. The molecule has 2 aromatic carbocycles. The quantitative estimate of drug-likeness (QED) is 0.726. The first-order chi connectivity index (χ1) is 12.1. The molecule has 0 heterocycles. The van der Waals surface area contributed by atoms with Crippen molar-refractivity contribution >= 4 is 6.03 Å². The molecule has 1 aliphatic carbocycles. The van der Waals surface area contributed by atoms with Crippen LogP contribution in [0.3, 0.4) is 0 Å². The van der Waals surface area contributed by atoms with Crippen molar-refractivity contribution in [3.8, 4) is 5.75 Å². The fraction of sp³-hybridized carbons (Fsp3) is 0.350. The molecule has 2 amide bonds. The molecule has 0 saturated heterocycles. The fourth-order valence-corrected chi connectivity index (χ4v) is 2.74.